The van der Waals surface area contributed by atoms with Crippen molar-refractivity contribution in [2.45, 2.75) is 130 Å². The third-order valence-electron chi connectivity index (χ3n) is 16.2. The number of nitrogens with zero attached hydrogens (tertiary/aromatic N) is 11. The Bertz CT molecular complexity index is 5310. The van der Waals surface area contributed by atoms with E-state index in [1.165, 1.54) is 67.1 Å². The van der Waals surface area contributed by atoms with Crippen molar-refractivity contribution in [3.63, 3.8) is 0 Å². The number of halogens is 4. The molecule has 6 aromatic heterocycles. The molecule has 9 heterocycles. The van der Waals surface area contributed by atoms with E-state index in [9.17, 15) is 54.5 Å². The fourth-order valence-electron chi connectivity index (χ4n) is 12.0. The van der Waals surface area contributed by atoms with Gasteiger partial charge in [0.2, 0.25) is 40.9 Å². The van der Waals surface area contributed by atoms with Crippen molar-refractivity contribution >= 4 is 39.1 Å². The minimum atomic E-state index is -2.19. The van der Waals surface area contributed by atoms with Gasteiger partial charge in [0.15, 0.2) is 5.15 Å². The summed E-state index contributed by atoms with van der Waals surface area (Å²) in [4.78, 5) is 83.6. The van der Waals surface area contributed by atoms with Gasteiger partial charge in [-0.2, -0.15) is 50.1 Å². The number of nitriles is 3. The van der Waals surface area contributed by atoms with Crippen molar-refractivity contribution < 1.29 is 100 Å². The van der Waals surface area contributed by atoms with Crippen molar-refractivity contribution in [3.8, 4) is 53.9 Å². The van der Waals surface area contributed by atoms with E-state index in [2.05, 4.69) is 71.8 Å². The third kappa shape index (κ3) is 18.9. The molecule has 31 nitrogen and oxygen atoms in total. The van der Waals surface area contributed by atoms with Crippen LogP contribution < -0.4 is 50.9 Å². The summed E-state index contributed by atoms with van der Waals surface area (Å²) < 4.78 is 63.0. The average Bonchev–Trinajstić information content (AvgIpc) is 1.58. The summed E-state index contributed by atoms with van der Waals surface area (Å²) in [6, 6.07) is 23.7. The van der Waals surface area contributed by atoms with E-state index in [1.807, 2.05) is 19.1 Å². The molecule has 0 fully saturated rings. The number of hydrogen-bond donors (Lipinski definition) is 7. The fraction of sp³-hybridized carbons (Fsp3) is 0.356. The van der Waals surface area contributed by atoms with E-state index in [4.69, 9.17) is 71.1 Å². The Hall–Kier alpha value is -9.51. The second kappa shape index (κ2) is 35.0. The molecular weight excluding hydrogens is 1600 g/mol. The van der Waals surface area contributed by atoms with Gasteiger partial charge < -0.3 is 75.5 Å². The van der Waals surface area contributed by atoms with Crippen LogP contribution >= 0.6 is 39.1 Å². The number of aryl methyl sites for hydroxylation is 3. The van der Waals surface area contributed by atoms with Gasteiger partial charge in [-0.05, 0) is 163 Å². The van der Waals surface area contributed by atoms with Gasteiger partial charge in [-0.1, -0.05) is 48.8 Å². The molecule has 1 radical (unpaired) electrons. The molecule has 36 heteroatoms. The van der Waals surface area contributed by atoms with Crippen LogP contribution in [0, 0.1) is 68.1 Å². The van der Waals surface area contributed by atoms with E-state index in [0.29, 0.717) is 49.3 Å². The van der Waals surface area contributed by atoms with Gasteiger partial charge in [0, 0.05) is 55.6 Å². The van der Waals surface area contributed by atoms with Crippen molar-refractivity contribution in [1.82, 2.24) is 54.4 Å². The first-order chi connectivity index (χ1) is 49.5. The normalized spacial score (nSPS) is 17.4. The zero-order valence-electron chi connectivity index (χ0n) is 61.7. The molecule has 0 spiro atoms. The maximum atomic E-state index is 13.6. The summed E-state index contributed by atoms with van der Waals surface area (Å²) in [6.07, 6.45) is 1.26. The van der Waals surface area contributed by atoms with E-state index in [1.54, 1.807) is 112 Å². The van der Waals surface area contributed by atoms with Crippen molar-refractivity contribution in [2.75, 3.05) is 42.7 Å². The monoisotopic (exact) mass is 1680 g/mol. The molecule has 9 aromatic rings. The molecule has 3 aliphatic rings. The molecule has 7 N–H and O–H groups in total. The predicted molar refractivity (Wildman–Crippen MR) is 393 cm³/mol. The molecule has 3 unspecified atom stereocenters. The minimum absolute atomic E-state index is 0. The van der Waals surface area contributed by atoms with E-state index in [-0.39, 0.29) is 139 Å². The van der Waals surface area contributed by atoms with Gasteiger partial charge in [-0.15, -0.1) is 0 Å². The molecular formula is C73H79BrCl2FN14O17Y-. The van der Waals surface area contributed by atoms with Gasteiger partial charge in [0.05, 0.1) is 140 Å². The van der Waals surface area contributed by atoms with Gasteiger partial charge in [0.25, 0.3) is 11.1 Å². The number of aromatic amines is 3. The molecule has 0 saturated heterocycles. The molecule has 0 aliphatic carbocycles. The summed E-state index contributed by atoms with van der Waals surface area (Å²) in [5.41, 5.74) is -1.37. The van der Waals surface area contributed by atoms with Crippen molar-refractivity contribution in [1.29, 1.82) is 15.8 Å². The second-order valence-electron chi connectivity index (χ2n) is 25.8. The number of methoxy groups -OCH3 is 6. The molecule has 3 aliphatic heterocycles. The van der Waals surface area contributed by atoms with Crippen LogP contribution in [0.25, 0.3) is 0 Å². The van der Waals surface area contributed by atoms with Crippen LogP contribution in [-0.2, 0) is 93.2 Å². The van der Waals surface area contributed by atoms with Gasteiger partial charge >= 0.3 is 29.4 Å². The number of hydrogen-bond acceptors (Lipinski definition) is 27. The standard InChI is InChI=1S/C22H19FN4O4.C18H19N3O4.C16H15N3O4.C9H13ClN2O3.C6H6BrClN2O2.CH4.CH3.Y/c1-12-6-14(10-24)8-15(7-12)22(30)18-17(21(2,3)31-22)19(28)26-20(29)27(18)11-13-4-5-25-16(23)9-13;1-10-6-11(9-19)8-12(7-10)18(22)14-13(17(2,3)25-18)15(23-4)21-16(20-14)24-5;1-8-4-9(7-17)6-10(5-8)16(22)12-11(15(2,3)23-16)13(20)19-14(21)18-12;1-9(2,13)5-6(10)11-8(15-4)12-7(5)14-3;1-11-5-3(7)4(8)9-6(10-5)12-2;;;/h4-9,30H,11H2,1-3H3,(H,26,28,29);6-8,22H,1-5H3;4-6,22H,1-3H3,(H2,18,19,20,21);13H,1-4H3;1-2H3;1H4;1H3;/q;;;;;;-1;. The van der Waals surface area contributed by atoms with E-state index >= 15 is 0 Å². The van der Waals surface area contributed by atoms with Gasteiger partial charge in [-0.25, -0.2) is 14.6 Å². The number of H-pyrrole nitrogens is 3. The van der Waals surface area contributed by atoms with Crippen LogP contribution in [0.15, 0.2) is 96.6 Å². The number of ether oxygens (including phenoxy) is 9. The summed E-state index contributed by atoms with van der Waals surface area (Å²) in [6.45, 7) is 18.4. The molecule has 109 heavy (non-hydrogen) atoms. The molecule has 0 saturated carbocycles. The van der Waals surface area contributed by atoms with Crippen LogP contribution in [0.3, 0.4) is 0 Å². The Morgan fingerprint density at radius 3 is 1.48 bits per heavy atom. The Morgan fingerprint density at radius 2 is 1.00 bits per heavy atom. The fourth-order valence-corrected chi connectivity index (χ4v) is 12.9. The summed E-state index contributed by atoms with van der Waals surface area (Å²) in [7, 11) is 8.72. The molecule has 0 amide bonds. The topological polar surface area (TPSA) is 446 Å². The number of benzene rings is 3. The Labute approximate surface area is 669 Å². The first kappa shape index (κ1) is 90.1. The number of aliphatic hydroxyl groups is 4. The van der Waals surface area contributed by atoms with E-state index in [0.717, 1.165) is 21.8 Å². The molecule has 3 aromatic carbocycles. The Kier molecular flexibility index (Phi) is 29.0. The zero-order chi connectivity index (χ0) is 78.7. The molecule has 575 valence electrons. The van der Waals surface area contributed by atoms with Crippen LogP contribution in [0.1, 0.15) is 158 Å². The summed E-state index contributed by atoms with van der Waals surface area (Å²) >= 11 is 14.8. The minimum Gasteiger partial charge on any atom is -0.481 e. The van der Waals surface area contributed by atoms with Crippen molar-refractivity contribution in [3.05, 3.63) is 238 Å². The molecule has 3 atom stereocenters. The Morgan fingerprint density at radius 1 is 0.578 bits per heavy atom. The third-order valence-corrected chi connectivity index (χ3v) is 17.7. The zero-order valence-corrected chi connectivity index (χ0v) is 67.7. The van der Waals surface area contributed by atoms with Gasteiger partial charge in [0.1, 0.15) is 15.3 Å². The van der Waals surface area contributed by atoms with Crippen LogP contribution in [0.4, 0.5) is 4.39 Å². The molecule has 0 bridgehead atoms. The maximum Gasteiger partial charge on any atom is 0.329 e. The van der Waals surface area contributed by atoms with Crippen LogP contribution in [0.5, 0.6) is 35.7 Å². The Balaban J connectivity index is 0.000000251. The van der Waals surface area contributed by atoms with Gasteiger partial charge in [-0.3, -0.25) is 24.1 Å². The number of aromatic nitrogens is 11. The number of fused-ring (bicyclic) bond motifs is 3. The summed E-state index contributed by atoms with van der Waals surface area (Å²) in [5, 5.41) is 72.2. The first-order valence-electron chi connectivity index (χ1n) is 31.5. The van der Waals surface area contributed by atoms with E-state index < -0.39 is 68.2 Å². The maximum absolute atomic E-state index is 13.6. The molecule has 12 rings (SSSR count). The van der Waals surface area contributed by atoms with Crippen molar-refractivity contribution in [2.24, 2.45) is 0 Å². The number of rotatable bonds is 12. The largest absolute Gasteiger partial charge is 0.481 e. The predicted octanol–water partition coefficient (Wildman–Crippen LogP) is 8.96. The average molecular weight is 1680 g/mol. The smallest absolute Gasteiger partial charge is 0.329 e. The van der Waals surface area contributed by atoms with Crippen LogP contribution in [-0.4, -0.2) is 117 Å². The number of nitrogens with one attached hydrogen (secondary N) is 3. The summed E-state index contributed by atoms with van der Waals surface area (Å²) in [5.74, 6) is -5.93. The second-order valence-corrected chi connectivity index (χ2v) is 27.3. The first-order valence-corrected chi connectivity index (χ1v) is 33.0. The SMILES string of the molecule is C.COc1nc(Cl)c(Br)c(OC)n1.COc1nc(Cl)c(C(C)(C)O)c(OC)n1.COc1nc(OC)c2c(n1)C(O)(c1cc(C)cc(C#N)c1)OC2(C)C.Cc1cc(C#N)cc(C2(O)OC(C)(C)c3c2[nH]c(=O)[nH]c3=O)c1.Cc1cc(C#N)cc(C2(O)OC(C)(C)c3c2n(Cc2ccnc(F)c2)c(=O)[nH]c3=O)c1.[CH3-].[Y]. The quantitative estimate of drug-likeness (QED) is 0.0341. The number of pyridine rings is 1. The van der Waals surface area contributed by atoms with Crippen LogP contribution in [0.2, 0.25) is 10.3 Å².